The van der Waals surface area contributed by atoms with Crippen LogP contribution in [-0.2, 0) is 4.79 Å². The SMILES string of the molecule is Cc1ccnc(NC(=O)c2cccc(NC(=O)CC(C)C)c2)c1. The summed E-state index contributed by atoms with van der Waals surface area (Å²) in [4.78, 5) is 28.2. The van der Waals surface area contributed by atoms with Gasteiger partial charge in [-0.15, -0.1) is 0 Å². The molecule has 5 heteroatoms. The molecule has 0 aliphatic heterocycles. The largest absolute Gasteiger partial charge is 0.326 e. The summed E-state index contributed by atoms with van der Waals surface area (Å²) in [5, 5.41) is 5.56. The van der Waals surface area contributed by atoms with E-state index in [1.54, 1.807) is 36.5 Å². The molecular weight excluding hydrogens is 290 g/mol. The minimum Gasteiger partial charge on any atom is -0.326 e. The fraction of sp³-hybridized carbons (Fsp3) is 0.278. The zero-order valence-electron chi connectivity index (χ0n) is 13.6. The molecule has 0 fully saturated rings. The number of carbonyl (C=O) groups excluding carboxylic acids is 2. The van der Waals surface area contributed by atoms with Gasteiger partial charge in [-0.2, -0.15) is 0 Å². The highest BCUT2D eigenvalue weighted by molar-refractivity contribution is 6.04. The lowest BCUT2D eigenvalue weighted by Crippen LogP contribution is -2.16. The van der Waals surface area contributed by atoms with Gasteiger partial charge in [0.05, 0.1) is 0 Å². The Morgan fingerprint density at radius 1 is 1.13 bits per heavy atom. The van der Waals surface area contributed by atoms with Crippen molar-refractivity contribution in [1.82, 2.24) is 4.98 Å². The van der Waals surface area contributed by atoms with Crippen LogP contribution in [-0.4, -0.2) is 16.8 Å². The minimum atomic E-state index is -0.261. The molecule has 0 radical (unpaired) electrons. The van der Waals surface area contributed by atoms with Crippen molar-refractivity contribution in [1.29, 1.82) is 0 Å². The smallest absolute Gasteiger partial charge is 0.256 e. The zero-order valence-corrected chi connectivity index (χ0v) is 13.6. The first-order valence-electron chi connectivity index (χ1n) is 7.58. The molecule has 1 heterocycles. The average molecular weight is 311 g/mol. The van der Waals surface area contributed by atoms with Crippen molar-refractivity contribution in [2.75, 3.05) is 10.6 Å². The third-order valence-electron chi connectivity index (χ3n) is 3.16. The third kappa shape index (κ3) is 5.21. The van der Waals surface area contributed by atoms with Crippen molar-refractivity contribution in [3.05, 3.63) is 53.7 Å². The summed E-state index contributed by atoms with van der Waals surface area (Å²) in [5.41, 5.74) is 2.10. The molecule has 1 aromatic carbocycles. The summed E-state index contributed by atoms with van der Waals surface area (Å²) in [5.74, 6) is 0.471. The number of aromatic nitrogens is 1. The number of hydrogen-bond donors (Lipinski definition) is 2. The van der Waals surface area contributed by atoms with E-state index < -0.39 is 0 Å². The second kappa shape index (κ2) is 7.54. The van der Waals surface area contributed by atoms with Crippen LogP contribution in [0.25, 0.3) is 0 Å². The molecule has 2 N–H and O–H groups in total. The molecule has 0 saturated heterocycles. The average Bonchev–Trinajstić information content (AvgIpc) is 2.46. The van der Waals surface area contributed by atoms with E-state index in [0.717, 1.165) is 5.56 Å². The van der Waals surface area contributed by atoms with E-state index in [2.05, 4.69) is 15.6 Å². The quantitative estimate of drug-likeness (QED) is 0.886. The maximum atomic E-state index is 12.3. The van der Waals surface area contributed by atoms with Crippen LogP contribution in [0.15, 0.2) is 42.6 Å². The minimum absolute atomic E-state index is 0.0575. The number of rotatable bonds is 5. The van der Waals surface area contributed by atoms with Crippen molar-refractivity contribution in [2.24, 2.45) is 5.92 Å². The number of nitrogens with one attached hydrogen (secondary N) is 2. The van der Waals surface area contributed by atoms with E-state index in [1.807, 2.05) is 26.8 Å². The Kier molecular flexibility index (Phi) is 5.46. The van der Waals surface area contributed by atoms with Gasteiger partial charge in [0.2, 0.25) is 5.91 Å². The second-order valence-electron chi connectivity index (χ2n) is 5.90. The Hall–Kier alpha value is -2.69. The van der Waals surface area contributed by atoms with Crippen LogP contribution >= 0.6 is 0 Å². The highest BCUT2D eigenvalue weighted by Gasteiger charge is 2.10. The van der Waals surface area contributed by atoms with E-state index in [1.165, 1.54) is 0 Å². The fourth-order valence-electron chi connectivity index (χ4n) is 2.11. The Balaban J connectivity index is 2.06. The Morgan fingerprint density at radius 3 is 2.61 bits per heavy atom. The van der Waals surface area contributed by atoms with Crippen LogP contribution in [0.2, 0.25) is 0 Å². The number of anilines is 2. The van der Waals surface area contributed by atoms with Crippen LogP contribution in [0.1, 0.15) is 36.2 Å². The number of pyridine rings is 1. The van der Waals surface area contributed by atoms with Gasteiger partial charge in [0, 0.05) is 23.9 Å². The van der Waals surface area contributed by atoms with E-state index in [-0.39, 0.29) is 17.7 Å². The summed E-state index contributed by atoms with van der Waals surface area (Å²) in [7, 11) is 0. The molecule has 0 bridgehead atoms. The van der Waals surface area contributed by atoms with Gasteiger partial charge in [-0.05, 0) is 48.7 Å². The Labute approximate surface area is 136 Å². The van der Waals surface area contributed by atoms with Gasteiger partial charge in [-0.25, -0.2) is 4.98 Å². The molecule has 2 amide bonds. The molecule has 120 valence electrons. The molecule has 0 unspecified atom stereocenters. The molecule has 0 aliphatic carbocycles. The molecule has 23 heavy (non-hydrogen) atoms. The Morgan fingerprint density at radius 2 is 1.91 bits per heavy atom. The van der Waals surface area contributed by atoms with Crippen molar-refractivity contribution < 1.29 is 9.59 Å². The number of nitrogens with zero attached hydrogens (tertiary/aromatic N) is 1. The highest BCUT2D eigenvalue weighted by Crippen LogP contribution is 2.14. The summed E-state index contributed by atoms with van der Waals surface area (Å²) in [6, 6.07) is 10.5. The van der Waals surface area contributed by atoms with Gasteiger partial charge < -0.3 is 10.6 Å². The van der Waals surface area contributed by atoms with Crippen LogP contribution in [0, 0.1) is 12.8 Å². The third-order valence-corrected chi connectivity index (χ3v) is 3.16. The van der Waals surface area contributed by atoms with Gasteiger partial charge in [-0.1, -0.05) is 19.9 Å². The lowest BCUT2D eigenvalue weighted by Gasteiger charge is -2.09. The number of carbonyl (C=O) groups is 2. The van der Waals surface area contributed by atoms with Crippen LogP contribution in [0.3, 0.4) is 0 Å². The molecule has 5 nitrogen and oxygen atoms in total. The highest BCUT2D eigenvalue weighted by atomic mass is 16.2. The molecule has 0 aliphatic rings. The standard InChI is InChI=1S/C18H21N3O2/c1-12(2)9-17(22)20-15-6-4-5-14(11-15)18(23)21-16-10-13(3)7-8-19-16/h4-8,10-12H,9H2,1-3H3,(H,20,22)(H,19,21,23). The molecule has 0 spiro atoms. The lowest BCUT2D eigenvalue weighted by atomic mass is 10.1. The van der Waals surface area contributed by atoms with Crippen LogP contribution in [0.4, 0.5) is 11.5 Å². The molecule has 2 rings (SSSR count). The first kappa shape index (κ1) is 16.7. The second-order valence-corrected chi connectivity index (χ2v) is 5.90. The van der Waals surface area contributed by atoms with E-state index in [0.29, 0.717) is 23.5 Å². The monoisotopic (exact) mass is 311 g/mol. The van der Waals surface area contributed by atoms with Crippen LogP contribution < -0.4 is 10.6 Å². The molecule has 0 saturated carbocycles. The molecule has 2 aromatic rings. The summed E-state index contributed by atoms with van der Waals surface area (Å²) >= 11 is 0. The number of aryl methyl sites for hydroxylation is 1. The number of amides is 2. The van der Waals surface area contributed by atoms with Crippen molar-refractivity contribution in [3.8, 4) is 0 Å². The van der Waals surface area contributed by atoms with E-state index in [4.69, 9.17) is 0 Å². The first-order valence-corrected chi connectivity index (χ1v) is 7.58. The molecule has 1 aromatic heterocycles. The number of benzene rings is 1. The summed E-state index contributed by atoms with van der Waals surface area (Å²) in [6.07, 6.45) is 2.09. The van der Waals surface area contributed by atoms with Gasteiger partial charge in [0.25, 0.3) is 5.91 Å². The lowest BCUT2D eigenvalue weighted by molar-refractivity contribution is -0.116. The normalized spacial score (nSPS) is 10.4. The zero-order chi connectivity index (χ0) is 16.8. The first-order chi connectivity index (χ1) is 10.9. The fourth-order valence-corrected chi connectivity index (χ4v) is 2.11. The van der Waals surface area contributed by atoms with Gasteiger partial charge >= 0.3 is 0 Å². The van der Waals surface area contributed by atoms with Crippen molar-refractivity contribution >= 4 is 23.3 Å². The van der Waals surface area contributed by atoms with E-state index >= 15 is 0 Å². The topological polar surface area (TPSA) is 71.1 Å². The van der Waals surface area contributed by atoms with E-state index in [9.17, 15) is 9.59 Å². The molecule has 0 atom stereocenters. The number of hydrogen-bond acceptors (Lipinski definition) is 3. The van der Waals surface area contributed by atoms with Gasteiger partial charge in [0.1, 0.15) is 5.82 Å². The maximum Gasteiger partial charge on any atom is 0.256 e. The van der Waals surface area contributed by atoms with Crippen molar-refractivity contribution in [2.45, 2.75) is 27.2 Å². The summed E-state index contributed by atoms with van der Waals surface area (Å²) < 4.78 is 0. The Bertz CT molecular complexity index is 711. The predicted octanol–water partition coefficient (Wildman–Crippen LogP) is 3.63. The maximum absolute atomic E-state index is 12.3. The van der Waals surface area contributed by atoms with Crippen molar-refractivity contribution in [3.63, 3.8) is 0 Å². The summed E-state index contributed by atoms with van der Waals surface area (Å²) in [6.45, 7) is 5.90. The predicted molar refractivity (Wildman–Crippen MR) is 91.5 cm³/mol. The van der Waals surface area contributed by atoms with Gasteiger partial charge in [0.15, 0.2) is 0 Å². The van der Waals surface area contributed by atoms with Gasteiger partial charge in [-0.3, -0.25) is 9.59 Å². The van der Waals surface area contributed by atoms with Crippen LogP contribution in [0.5, 0.6) is 0 Å². The molecular formula is C18H21N3O2.